The van der Waals surface area contributed by atoms with Gasteiger partial charge in [0.05, 0.1) is 11.1 Å². The molecule has 0 aliphatic carbocycles. The van der Waals surface area contributed by atoms with Gasteiger partial charge in [0, 0.05) is 5.69 Å². The third-order valence-electron chi connectivity index (χ3n) is 4.13. The first-order chi connectivity index (χ1) is 9.57. The van der Waals surface area contributed by atoms with Gasteiger partial charge in [-0.25, -0.2) is 9.07 Å². The molecule has 0 amide bonds. The molecule has 5 nitrogen and oxygen atoms in total. The second-order valence-electron chi connectivity index (χ2n) is 4.94. The van der Waals surface area contributed by atoms with E-state index in [1.54, 1.807) is 16.8 Å². The summed E-state index contributed by atoms with van der Waals surface area (Å²) in [5.74, 6) is 0.0475. The minimum atomic E-state index is -0.404. The van der Waals surface area contributed by atoms with Crippen LogP contribution in [0.1, 0.15) is 40.0 Å². The van der Waals surface area contributed by atoms with Crippen LogP contribution in [-0.4, -0.2) is 20.2 Å². The van der Waals surface area contributed by atoms with Crippen molar-refractivity contribution >= 4 is 5.69 Å². The van der Waals surface area contributed by atoms with Crippen molar-refractivity contribution < 1.29 is 4.39 Å². The summed E-state index contributed by atoms with van der Waals surface area (Å²) in [6, 6.07) is 4.57. The lowest BCUT2D eigenvalue weighted by Gasteiger charge is -2.31. The molecule has 6 heteroatoms. The molecule has 0 unspecified atom stereocenters. The van der Waals surface area contributed by atoms with Crippen molar-refractivity contribution in [2.24, 2.45) is 0 Å². The van der Waals surface area contributed by atoms with Crippen LogP contribution >= 0.6 is 0 Å². The zero-order valence-electron chi connectivity index (χ0n) is 12.1. The number of nitrogen functional groups attached to an aromatic ring is 1. The Morgan fingerprint density at radius 1 is 1.20 bits per heavy atom. The van der Waals surface area contributed by atoms with E-state index in [9.17, 15) is 4.39 Å². The van der Waals surface area contributed by atoms with Crippen molar-refractivity contribution in [3.63, 3.8) is 0 Å². The first-order valence-electron chi connectivity index (χ1n) is 6.92. The molecule has 1 heterocycles. The smallest absolute Gasteiger partial charge is 0.185 e. The number of tetrazole rings is 1. The maximum Gasteiger partial charge on any atom is 0.185 e. The van der Waals surface area contributed by atoms with Gasteiger partial charge >= 0.3 is 0 Å². The Kier molecular flexibility index (Phi) is 4.01. The van der Waals surface area contributed by atoms with Crippen molar-refractivity contribution in [2.75, 3.05) is 5.73 Å². The van der Waals surface area contributed by atoms with Crippen molar-refractivity contribution in [1.82, 2.24) is 20.2 Å². The number of nitrogens with zero attached hydrogens (tertiary/aromatic N) is 4. The van der Waals surface area contributed by atoms with E-state index in [1.165, 1.54) is 6.07 Å². The Morgan fingerprint density at radius 3 is 2.40 bits per heavy atom. The lowest BCUT2D eigenvalue weighted by molar-refractivity contribution is 0.223. The second kappa shape index (κ2) is 5.56. The topological polar surface area (TPSA) is 69.6 Å². The van der Waals surface area contributed by atoms with E-state index in [2.05, 4.69) is 36.3 Å². The number of hydrogen-bond donors (Lipinski definition) is 1. The molecule has 108 valence electrons. The summed E-state index contributed by atoms with van der Waals surface area (Å²) in [6.45, 7) is 6.29. The van der Waals surface area contributed by atoms with Crippen LogP contribution in [0.15, 0.2) is 18.2 Å². The Balaban J connectivity index is 2.58. The molecule has 1 aromatic heterocycles. The molecule has 2 aromatic rings. The summed E-state index contributed by atoms with van der Waals surface area (Å²) < 4.78 is 15.9. The van der Waals surface area contributed by atoms with Gasteiger partial charge in [-0.3, -0.25) is 0 Å². The molecule has 0 saturated heterocycles. The summed E-state index contributed by atoms with van der Waals surface area (Å²) in [7, 11) is 0. The van der Waals surface area contributed by atoms with Crippen LogP contribution in [-0.2, 0) is 5.54 Å². The SMILES string of the molecule is CCC(CC)(CC)n1nnnc1-c1ccc(N)cc1F. The molecule has 2 rings (SSSR count). The van der Waals surface area contributed by atoms with Crippen LogP contribution in [0.5, 0.6) is 0 Å². The third-order valence-corrected chi connectivity index (χ3v) is 4.13. The molecule has 2 N–H and O–H groups in total. The summed E-state index contributed by atoms with van der Waals surface area (Å²) in [4.78, 5) is 0. The molecule has 20 heavy (non-hydrogen) atoms. The number of nitrogens with two attached hydrogens (primary N) is 1. The number of aromatic nitrogens is 4. The van der Waals surface area contributed by atoms with Gasteiger partial charge in [-0.1, -0.05) is 20.8 Å². The van der Waals surface area contributed by atoms with Gasteiger partial charge in [-0.2, -0.15) is 0 Å². The molecule has 0 aliphatic rings. The van der Waals surface area contributed by atoms with Crippen LogP contribution in [0.2, 0.25) is 0 Å². The molecule has 0 bridgehead atoms. The molecule has 0 fully saturated rings. The highest BCUT2D eigenvalue weighted by atomic mass is 19.1. The van der Waals surface area contributed by atoms with Gasteiger partial charge in [0.15, 0.2) is 5.82 Å². The lowest BCUT2D eigenvalue weighted by Crippen LogP contribution is -2.33. The number of benzene rings is 1. The largest absolute Gasteiger partial charge is 0.399 e. The quantitative estimate of drug-likeness (QED) is 0.853. The Hall–Kier alpha value is -1.98. The monoisotopic (exact) mass is 277 g/mol. The maximum absolute atomic E-state index is 14.1. The molecule has 0 spiro atoms. The summed E-state index contributed by atoms with van der Waals surface area (Å²) in [5.41, 5.74) is 6.16. The van der Waals surface area contributed by atoms with Crippen molar-refractivity contribution in [3.8, 4) is 11.4 Å². The van der Waals surface area contributed by atoms with E-state index >= 15 is 0 Å². The minimum absolute atomic E-state index is 0.188. The predicted octanol–water partition coefficient (Wildman–Crippen LogP) is 2.99. The minimum Gasteiger partial charge on any atom is -0.399 e. The van der Waals surface area contributed by atoms with E-state index in [-0.39, 0.29) is 5.54 Å². The molecular formula is C14H20FN5. The fraction of sp³-hybridized carbons (Fsp3) is 0.500. The van der Waals surface area contributed by atoms with Crippen molar-refractivity contribution in [3.05, 3.63) is 24.0 Å². The van der Waals surface area contributed by atoms with Crippen molar-refractivity contribution in [2.45, 2.75) is 45.6 Å². The standard InChI is InChI=1S/C14H20FN5/c1-4-14(5-2,6-3)20-13(17-18-19-20)11-8-7-10(16)9-12(11)15/h7-9H,4-6,16H2,1-3H3. The van der Waals surface area contributed by atoms with E-state index in [1.807, 2.05) is 0 Å². The second-order valence-corrected chi connectivity index (χ2v) is 4.94. The third kappa shape index (κ3) is 2.26. The highest BCUT2D eigenvalue weighted by molar-refractivity contribution is 5.59. The Morgan fingerprint density at radius 2 is 1.85 bits per heavy atom. The van der Waals surface area contributed by atoms with Gasteiger partial charge in [-0.15, -0.1) is 5.10 Å². The fourth-order valence-corrected chi connectivity index (χ4v) is 2.59. The van der Waals surface area contributed by atoms with E-state index < -0.39 is 5.82 Å². The van der Waals surface area contributed by atoms with E-state index in [4.69, 9.17) is 5.73 Å². The van der Waals surface area contributed by atoms with Gasteiger partial charge in [0.1, 0.15) is 5.82 Å². The van der Waals surface area contributed by atoms with Gasteiger partial charge < -0.3 is 5.73 Å². The zero-order valence-corrected chi connectivity index (χ0v) is 12.1. The first kappa shape index (κ1) is 14.4. The number of hydrogen-bond acceptors (Lipinski definition) is 4. The molecule has 1 aromatic carbocycles. The van der Waals surface area contributed by atoms with E-state index in [0.29, 0.717) is 17.1 Å². The van der Waals surface area contributed by atoms with Gasteiger partial charge in [0.2, 0.25) is 0 Å². The van der Waals surface area contributed by atoms with E-state index in [0.717, 1.165) is 19.3 Å². The van der Waals surface area contributed by atoms with Crippen LogP contribution < -0.4 is 5.73 Å². The average Bonchev–Trinajstić information content (AvgIpc) is 2.91. The van der Waals surface area contributed by atoms with Crippen LogP contribution in [0, 0.1) is 5.82 Å². The zero-order chi connectivity index (χ0) is 14.8. The predicted molar refractivity (Wildman–Crippen MR) is 76.5 cm³/mol. The molecule has 0 radical (unpaired) electrons. The Bertz CT molecular complexity index is 581. The fourth-order valence-electron chi connectivity index (χ4n) is 2.59. The molecule has 0 atom stereocenters. The Labute approximate surface area is 118 Å². The first-order valence-corrected chi connectivity index (χ1v) is 6.92. The van der Waals surface area contributed by atoms with Crippen molar-refractivity contribution in [1.29, 1.82) is 0 Å². The molecular weight excluding hydrogens is 257 g/mol. The molecule has 0 aliphatic heterocycles. The van der Waals surface area contributed by atoms with Crippen LogP contribution in [0.3, 0.4) is 0 Å². The summed E-state index contributed by atoms with van der Waals surface area (Å²) in [6.07, 6.45) is 2.65. The number of rotatable bonds is 5. The summed E-state index contributed by atoms with van der Waals surface area (Å²) in [5, 5.41) is 11.8. The molecule has 0 saturated carbocycles. The van der Waals surface area contributed by atoms with Crippen LogP contribution in [0.4, 0.5) is 10.1 Å². The highest BCUT2D eigenvalue weighted by Crippen LogP contribution is 2.33. The van der Waals surface area contributed by atoms with Crippen LogP contribution in [0.25, 0.3) is 11.4 Å². The lowest BCUT2D eigenvalue weighted by atomic mass is 9.89. The highest BCUT2D eigenvalue weighted by Gasteiger charge is 2.31. The average molecular weight is 277 g/mol. The van der Waals surface area contributed by atoms with Gasteiger partial charge in [-0.05, 0) is 47.9 Å². The normalized spacial score (nSPS) is 11.8. The number of anilines is 1. The summed E-state index contributed by atoms with van der Waals surface area (Å²) >= 11 is 0. The van der Waals surface area contributed by atoms with Gasteiger partial charge in [0.25, 0.3) is 0 Å². The number of halogens is 1. The maximum atomic E-state index is 14.1.